The number of nitrogens with one attached hydrogen (secondary N) is 3. The first-order chi connectivity index (χ1) is 30.6. The number of amides is 1. The first-order valence-corrected chi connectivity index (χ1v) is 21.2. The topological polar surface area (TPSA) is 177 Å². The van der Waals surface area contributed by atoms with Crippen molar-refractivity contribution < 1.29 is 34.1 Å². The molecule has 0 unspecified atom stereocenters. The summed E-state index contributed by atoms with van der Waals surface area (Å²) >= 11 is 0. The van der Waals surface area contributed by atoms with E-state index in [4.69, 9.17) is 9.15 Å². The Morgan fingerprint density at radius 1 is 0.810 bits per heavy atom. The van der Waals surface area contributed by atoms with Crippen molar-refractivity contribution in [3.63, 3.8) is 0 Å². The zero-order valence-electron chi connectivity index (χ0n) is 34.7. The first-order valence-electron chi connectivity index (χ1n) is 21.2. The summed E-state index contributed by atoms with van der Waals surface area (Å²) in [6.45, 7) is 3.71. The fraction of sp³-hybridized carbons (Fsp3) is 0.235. The van der Waals surface area contributed by atoms with Gasteiger partial charge in [-0.15, -0.1) is 0 Å². The van der Waals surface area contributed by atoms with Crippen molar-refractivity contribution in [3.05, 3.63) is 195 Å². The highest BCUT2D eigenvalue weighted by Crippen LogP contribution is 2.35. The van der Waals surface area contributed by atoms with Crippen LogP contribution in [0.15, 0.2) is 155 Å². The maximum Gasteiger partial charge on any atom is 0.347 e. The van der Waals surface area contributed by atoms with Crippen LogP contribution in [0, 0.1) is 5.92 Å². The minimum absolute atomic E-state index is 0.0711. The number of hydrogen-bond acceptors (Lipinski definition) is 10. The van der Waals surface area contributed by atoms with Crippen molar-refractivity contribution in [1.29, 1.82) is 0 Å². The fourth-order valence-corrected chi connectivity index (χ4v) is 8.11. The number of pyridine rings is 1. The third kappa shape index (κ3) is 10.1. The van der Waals surface area contributed by atoms with Gasteiger partial charge < -0.3 is 40.1 Å². The van der Waals surface area contributed by atoms with E-state index in [-0.39, 0.29) is 48.3 Å². The number of fused-ring (bicyclic) bond motifs is 1. The number of H-pyrrole nitrogens is 1. The zero-order valence-corrected chi connectivity index (χ0v) is 34.7. The molecule has 3 heterocycles. The molecule has 0 aliphatic carbocycles. The number of benzene rings is 5. The summed E-state index contributed by atoms with van der Waals surface area (Å²) in [7, 11) is 0. The van der Waals surface area contributed by atoms with Crippen LogP contribution in [0.2, 0.25) is 0 Å². The molecule has 1 fully saturated rings. The molecule has 12 heteroatoms. The van der Waals surface area contributed by atoms with Gasteiger partial charge in [0.2, 0.25) is 11.2 Å². The van der Waals surface area contributed by atoms with Crippen LogP contribution >= 0.6 is 0 Å². The van der Waals surface area contributed by atoms with Crippen molar-refractivity contribution >= 4 is 22.8 Å². The Balaban J connectivity index is 0.848. The number of hydrogen-bond donors (Lipinski definition) is 6. The average Bonchev–Trinajstić information content (AvgIpc) is 3.80. The zero-order chi connectivity index (χ0) is 43.8. The quantitative estimate of drug-likeness (QED) is 0.0559. The number of furan rings is 1. The molecule has 0 spiro atoms. The van der Waals surface area contributed by atoms with Gasteiger partial charge in [0.15, 0.2) is 0 Å². The van der Waals surface area contributed by atoms with E-state index in [0.29, 0.717) is 51.3 Å². The molecule has 0 bridgehead atoms. The summed E-state index contributed by atoms with van der Waals surface area (Å²) < 4.78 is 12.1. The Labute approximate surface area is 364 Å². The summed E-state index contributed by atoms with van der Waals surface area (Å²) in [5.74, 6) is 0.124. The summed E-state index contributed by atoms with van der Waals surface area (Å²) in [4.78, 5) is 43.8. The van der Waals surface area contributed by atoms with Crippen molar-refractivity contribution in [2.45, 2.75) is 44.2 Å². The standard InChI is InChI=1S/C51H50N4O8/c56-44-21-19-42(43-20-23-47(58)54-48(43)44)45(57)31-52-29-34-14-16-37(17-15-34)49(59)53-30-41-18-22-46(63-41)38-10-7-13-40(28-38)51(61,39-11-5-2-6-12-39)50(60)62-33-36-24-26-55(27-25-36)32-35-8-3-1-4-9-35/h1-23,28,36,45,52,56-57,61H,24-27,29-33H2,(H,53,59)(H,54,58)/t45-,51-/m0/s1. The Morgan fingerprint density at radius 2 is 1.54 bits per heavy atom. The number of likely N-dealkylation sites (tertiary alicyclic amines) is 1. The van der Waals surface area contributed by atoms with Gasteiger partial charge in [-0.3, -0.25) is 14.5 Å². The van der Waals surface area contributed by atoms with Crippen molar-refractivity contribution in [2.75, 3.05) is 26.2 Å². The van der Waals surface area contributed by atoms with Crippen molar-refractivity contribution in [3.8, 4) is 17.1 Å². The number of phenols is 1. The number of aromatic nitrogens is 1. The van der Waals surface area contributed by atoms with E-state index >= 15 is 0 Å². The van der Waals surface area contributed by atoms with Gasteiger partial charge >= 0.3 is 5.97 Å². The highest BCUT2D eigenvalue weighted by Gasteiger charge is 2.42. The molecule has 7 aromatic rings. The van der Waals surface area contributed by atoms with Crippen LogP contribution in [-0.2, 0) is 34.8 Å². The van der Waals surface area contributed by atoms with Crippen LogP contribution < -0.4 is 16.2 Å². The van der Waals surface area contributed by atoms with Crippen LogP contribution in [0.4, 0.5) is 0 Å². The molecule has 1 amide bonds. The molecule has 12 nitrogen and oxygen atoms in total. The SMILES string of the molecule is O=C(NCc1ccc(-c2cccc([C@](O)(C(=O)OCC3CCN(Cc4ccccc4)CC3)c3ccccc3)c2)o1)c1ccc(CNC[C@H](O)c2ccc(O)c3[nH]c(=O)ccc23)cc1. The predicted molar refractivity (Wildman–Crippen MR) is 239 cm³/mol. The third-order valence-electron chi connectivity index (χ3n) is 11.7. The Bertz CT molecular complexity index is 2710. The molecule has 1 aliphatic heterocycles. The van der Waals surface area contributed by atoms with Gasteiger partial charge in [0.1, 0.15) is 17.3 Å². The largest absolute Gasteiger partial charge is 0.506 e. The van der Waals surface area contributed by atoms with E-state index in [1.807, 2.05) is 30.3 Å². The maximum absolute atomic E-state index is 13.9. The molecule has 2 aromatic heterocycles. The highest BCUT2D eigenvalue weighted by atomic mass is 16.5. The lowest BCUT2D eigenvalue weighted by atomic mass is 9.85. The van der Waals surface area contributed by atoms with E-state index in [1.165, 1.54) is 17.7 Å². The number of nitrogens with zero attached hydrogens (tertiary/aromatic N) is 1. The number of phenolic OH excluding ortho intramolecular Hbond substituents is 1. The van der Waals surface area contributed by atoms with Crippen LogP contribution in [0.3, 0.4) is 0 Å². The number of aromatic hydroxyl groups is 1. The van der Waals surface area contributed by atoms with Gasteiger partial charge in [0.25, 0.3) is 5.91 Å². The third-order valence-corrected chi connectivity index (χ3v) is 11.7. The molecule has 2 atom stereocenters. The molecular weight excluding hydrogens is 797 g/mol. The predicted octanol–water partition coefficient (Wildman–Crippen LogP) is 6.94. The monoisotopic (exact) mass is 846 g/mol. The summed E-state index contributed by atoms with van der Waals surface area (Å²) in [5.41, 5.74) is 2.46. The number of piperidine rings is 1. The van der Waals surface area contributed by atoms with Crippen molar-refractivity contribution in [2.24, 2.45) is 5.92 Å². The number of aliphatic hydroxyl groups excluding tert-OH is 1. The Hall–Kier alpha value is -6.83. The molecule has 0 radical (unpaired) electrons. The van der Waals surface area contributed by atoms with E-state index in [9.17, 15) is 29.7 Å². The second-order valence-electron chi connectivity index (χ2n) is 16.0. The first kappa shape index (κ1) is 42.8. The number of aromatic amines is 1. The van der Waals surface area contributed by atoms with Crippen LogP contribution in [0.25, 0.3) is 22.2 Å². The van der Waals surface area contributed by atoms with Gasteiger partial charge in [-0.2, -0.15) is 0 Å². The van der Waals surface area contributed by atoms with Gasteiger partial charge in [0, 0.05) is 47.8 Å². The molecule has 6 N–H and O–H groups in total. The van der Waals surface area contributed by atoms with E-state index in [0.717, 1.165) is 38.0 Å². The van der Waals surface area contributed by atoms with Crippen LogP contribution in [-0.4, -0.2) is 63.3 Å². The van der Waals surface area contributed by atoms with Crippen LogP contribution in [0.5, 0.6) is 5.75 Å². The van der Waals surface area contributed by atoms with Crippen molar-refractivity contribution in [1.82, 2.24) is 20.5 Å². The molecule has 322 valence electrons. The minimum atomic E-state index is -2.06. The molecule has 63 heavy (non-hydrogen) atoms. The van der Waals surface area contributed by atoms with Gasteiger partial charge in [-0.05, 0) is 96.6 Å². The highest BCUT2D eigenvalue weighted by molar-refractivity contribution is 5.94. The van der Waals surface area contributed by atoms with E-state index in [1.54, 1.807) is 78.9 Å². The molecule has 0 saturated carbocycles. The lowest BCUT2D eigenvalue weighted by Gasteiger charge is -2.33. The molecule has 8 rings (SSSR count). The Morgan fingerprint density at radius 3 is 2.30 bits per heavy atom. The fourth-order valence-electron chi connectivity index (χ4n) is 8.11. The Kier molecular flexibility index (Phi) is 13.2. The number of rotatable bonds is 16. The molecule has 1 aliphatic rings. The average molecular weight is 847 g/mol. The van der Waals surface area contributed by atoms with Crippen LogP contribution in [0.1, 0.15) is 62.9 Å². The minimum Gasteiger partial charge on any atom is -0.506 e. The van der Waals surface area contributed by atoms with Gasteiger partial charge in [0.05, 0.1) is 24.8 Å². The second kappa shape index (κ2) is 19.5. The van der Waals surface area contributed by atoms with E-state index < -0.39 is 17.7 Å². The number of esters is 1. The number of carbonyl (C=O) groups excluding carboxylic acids is 2. The summed E-state index contributed by atoms with van der Waals surface area (Å²) in [6.07, 6.45) is 0.895. The summed E-state index contributed by atoms with van der Waals surface area (Å²) in [6, 6.07) is 42.9. The van der Waals surface area contributed by atoms with E-state index in [2.05, 4.69) is 44.8 Å². The molecular formula is C51H50N4O8. The normalized spacial score (nSPS) is 14.8. The van der Waals surface area contributed by atoms with Gasteiger partial charge in [-0.25, -0.2) is 4.79 Å². The lowest BCUT2D eigenvalue weighted by Crippen LogP contribution is -2.40. The molecule has 1 saturated heterocycles. The molecule has 5 aromatic carbocycles. The lowest BCUT2D eigenvalue weighted by molar-refractivity contribution is -0.164. The maximum atomic E-state index is 13.9. The van der Waals surface area contributed by atoms with Gasteiger partial charge in [-0.1, -0.05) is 97.1 Å². The smallest absolute Gasteiger partial charge is 0.347 e. The second-order valence-corrected chi connectivity index (χ2v) is 16.0. The number of ether oxygens (including phenoxy) is 1. The number of carbonyl (C=O) groups is 2. The summed E-state index contributed by atoms with van der Waals surface area (Å²) in [5, 5.41) is 40.0. The number of aliphatic hydroxyl groups is 2.